The summed E-state index contributed by atoms with van der Waals surface area (Å²) >= 11 is 0. The molecule has 0 bridgehead atoms. The van der Waals surface area contributed by atoms with E-state index in [0.717, 1.165) is 16.5 Å². The predicted octanol–water partition coefficient (Wildman–Crippen LogP) is 1.43. The molecule has 7 nitrogen and oxygen atoms in total. The highest BCUT2D eigenvalue weighted by Crippen LogP contribution is 2.37. The number of nitrogens with one attached hydrogen (secondary N) is 2. The lowest BCUT2D eigenvalue weighted by Crippen LogP contribution is -2.37. The van der Waals surface area contributed by atoms with Crippen LogP contribution < -0.4 is 5.32 Å². The molecule has 1 fully saturated rings. The number of methoxy groups -OCH3 is 1. The largest absolute Gasteiger partial charge is 0.468 e. The number of fused-ring (bicyclic) bond motifs is 1. The Morgan fingerprint density at radius 1 is 1.36 bits per heavy atom. The lowest BCUT2D eigenvalue weighted by molar-refractivity contribution is -0.525. The SMILES string of the molecule is COC(=O)[C@H]1N[C@H](C)[C@@H]([N+](=O)[O-])[C@@H]1c1c[nH]c2ccccc12. The van der Waals surface area contributed by atoms with E-state index in [0.29, 0.717) is 0 Å². The number of nitrogens with zero attached hydrogens (tertiary/aromatic N) is 1. The lowest BCUT2D eigenvalue weighted by atomic mass is 9.87. The molecule has 2 N–H and O–H groups in total. The summed E-state index contributed by atoms with van der Waals surface area (Å²) in [6.07, 6.45) is 1.75. The van der Waals surface area contributed by atoms with Crippen LogP contribution in [0.25, 0.3) is 10.9 Å². The number of nitro groups is 1. The Kier molecular flexibility index (Phi) is 3.58. The molecule has 0 amide bonds. The number of para-hydroxylation sites is 1. The van der Waals surface area contributed by atoms with E-state index in [4.69, 9.17) is 4.74 Å². The van der Waals surface area contributed by atoms with Gasteiger partial charge in [-0.05, 0) is 18.6 Å². The molecule has 0 saturated carbocycles. The molecule has 1 aliphatic rings. The Hall–Kier alpha value is -2.41. The van der Waals surface area contributed by atoms with E-state index in [1.165, 1.54) is 7.11 Å². The molecule has 1 aromatic heterocycles. The van der Waals surface area contributed by atoms with Crippen molar-refractivity contribution in [3.05, 3.63) is 46.1 Å². The summed E-state index contributed by atoms with van der Waals surface area (Å²) in [4.78, 5) is 26.4. The number of aromatic amines is 1. The molecule has 1 aromatic carbocycles. The zero-order valence-electron chi connectivity index (χ0n) is 12.3. The van der Waals surface area contributed by atoms with Crippen molar-refractivity contribution in [1.82, 2.24) is 10.3 Å². The first-order valence-corrected chi connectivity index (χ1v) is 7.08. The monoisotopic (exact) mass is 303 g/mol. The summed E-state index contributed by atoms with van der Waals surface area (Å²) in [6, 6.07) is 5.53. The summed E-state index contributed by atoms with van der Waals surface area (Å²) < 4.78 is 4.82. The van der Waals surface area contributed by atoms with Gasteiger partial charge in [0.25, 0.3) is 0 Å². The zero-order valence-corrected chi connectivity index (χ0v) is 12.3. The number of ether oxygens (including phenoxy) is 1. The second-order valence-corrected chi connectivity index (χ2v) is 5.55. The molecular weight excluding hydrogens is 286 g/mol. The highest BCUT2D eigenvalue weighted by atomic mass is 16.6. The van der Waals surface area contributed by atoms with Crippen molar-refractivity contribution in [3.8, 4) is 0 Å². The van der Waals surface area contributed by atoms with E-state index in [1.807, 2.05) is 24.3 Å². The number of benzene rings is 1. The first kappa shape index (κ1) is 14.5. The van der Waals surface area contributed by atoms with Gasteiger partial charge in [0.05, 0.1) is 19.1 Å². The lowest BCUT2D eigenvalue weighted by Gasteiger charge is -2.18. The van der Waals surface area contributed by atoms with Crippen LogP contribution in [0, 0.1) is 10.1 Å². The molecule has 1 aliphatic heterocycles. The van der Waals surface area contributed by atoms with Crippen LogP contribution in [-0.4, -0.2) is 41.1 Å². The maximum Gasteiger partial charge on any atom is 0.323 e. The van der Waals surface area contributed by atoms with Crippen molar-refractivity contribution in [3.63, 3.8) is 0 Å². The molecule has 3 rings (SSSR count). The Morgan fingerprint density at radius 3 is 2.77 bits per heavy atom. The average Bonchev–Trinajstić information content (AvgIpc) is 3.06. The van der Waals surface area contributed by atoms with Gasteiger partial charge in [0.15, 0.2) is 0 Å². The molecule has 0 spiro atoms. The van der Waals surface area contributed by atoms with Gasteiger partial charge in [0.2, 0.25) is 6.04 Å². The van der Waals surface area contributed by atoms with Crippen LogP contribution in [0.5, 0.6) is 0 Å². The molecule has 1 saturated heterocycles. The first-order chi connectivity index (χ1) is 10.5. The maximum atomic E-state index is 12.1. The Labute approximate surface area is 126 Å². The first-order valence-electron chi connectivity index (χ1n) is 7.08. The van der Waals surface area contributed by atoms with E-state index < -0.39 is 30.0 Å². The van der Waals surface area contributed by atoms with Crippen molar-refractivity contribution in [2.24, 2.45) is 0 Å². The highest BCUT2D eigenvalue weighted by molar-refractivity contribution is 5.86. The van der Waals surface area contributed by atoms with Crippen molar-refractivity contribution in [2.45, 2.75) is 31.0 Å². The molecule has 4 atom stereocenters. The minimum atomic E-state index is -0.886. The molecule has 2 heterocycles. The fraction of sp³-hybridized carbons (Fsp3) is 0.400. The highest BCUT2D eigenvalue weighted by Gasteiger charge is 2.53. The Morgan fingerprint density at radius 2 is 2.09 bits per heavy atom. The average molecular weight is 303 g/mol. The Bertz CT molecular complexity index is 726. The standard InChI is InChI=1S/C15H17N3O4/c1-8-14(18(20)21)12(13(17-8)15(19)22-2)10-7-16-11-6-4-3-5-9(10)11/h3-8,12-14,16-17H,1-2H3/t8-,12-,13+,14-/m1/s1. The van der Waals surface area contributed by atoms with Crippen LogP contribution in [0.1, 0.15) is 18.4 Å². The van der Waals surface area contributed by atoms with Crippen LogP contribution in [0.15, 0.2) is 30.5 Å². The van der Waals surface area contributed by atoms with Gasteiger partial charge < -0.3 is 9.72 Å². The van der Waals surface area contributed by atoms with Gasteiger partial charge in [0, 0.05) is 22.0 Å². The molecule has 22 heavy (non-hydrogen) atoms. The number of esters is 1. The number of carbonyl (C=O) groups excluding carboxylic acids is 1. The van der Waals surface area contributed by atoms with E-state index in [1.54, 1.807) is 13.1 Å². The van der Waals surface area contributed by atoms with Gasteiger partial charge >= 0.3 is 5.97 Å². The van der Waals surface area contributed by atoms with E-state index in [9.17, 15) is 14.9 Å². The number of hydrogen-bond acceptors (Lipinski definition) is 5. The summed E-state index contributed by atoms with van der Waals surface area (Å²) in [6.45, 7) is 1.72. The third-order valence-corrected chi connectivity index (χ3v) is 4.36. The Balaban J connectivity index is 2.13. The van der Waals surface area contributed by atoms with E-state index >= 15 is 0 Å². The number of aromatic nitrogens is 1. The molecule has 116 valence electrons. The molecule has 0 aliphatic carbocycles. The fourth-order valence-electron chi connectivity index (χ4n) is 3.38. The van der Waals surface area contributed by atoms with Crippen LogP contribution in [0.4, 0.5) is 0 Å². The van der Waals surface area contributed by atoms with Gasteiger partial charge in [-0.25, -0.2) is 0 Å². The minimum absolute atomic E-state index is 0.312. The smallest absolute Gasteiger partial charge is 0.323 e. The van der Waals surface area contributed by atoms with Gasteiger partial charge in [-0.3, -0.25) is 20.2 Å². The van der Waals surface area contributed by atoms with Crippen molar-refractivity contribution < 1.29 is 14.5 Å². The van der Waals surface area contributed by atoms with Gasteiger partial charge in [-0.1, -0.05) is 18.2 Å². The molecular formula is C15H17N3O4. The van der Waals surface area contributed by atoms with Crippen molar-refractivity contribution in [1.29, 1.82) is 0 Å². The number of hydrogen-bond donors (Lipinski definition) is 2. The summed E-state index contributed by atoms with van der Waals surface area (Å²) in [5.74, 6) is -1.06. The van der Waals surface area contributed by atoms with Gasteiger partial charge in [0.1, 0.15) is 6.04 Å². The second kappa shape index (κ2) is 5.42. The number of H-pyrrole nitrogens is 1. The van der Waals surface area contributed by atoms with Crippen molar-refractivity contribution in [2.75, 3.05) is 7.11 Å². The summed E-state index contributed by atoms with van der Waals surface area (Å²) in [7, 11) is 1.29. The number of rotatable bonds is 3. The van der Waals surface area contributed by atoms with Crippen molar-refractivity contribution >= 4 is 16.9 Å². The van der Waals surface area contributed by atoms with Crippen LogP contribution in [-0.2, 0) is 9.53 Å². The number of carbonyl (C=O) groups is 1. The van der Waals surface area contributed by atoms with Crippen LogP contribution in [0.3, 0.4) is 0 Å². The minimum Gasteiger partial charge on any atom is -0.468 e. The molecule has 7 heteroatoms. The molecule has 0 unspecified atom stereocenters. The fourth-order valence-corrected chi connectivity index (χ4v) is 3.38. The van der Waals surface area contributed by atoms with Crippen LogP contribution in [0.2, 0.25) is 0 Å². The third kappa shape index (κ3) is 2.14. The summed E-state index contributed by atoms with van der Waals surface area (Å²) in [5.41, 5.74) is 1.66. The van der Waals surface area contributed by atoms with E-state index in [2.05, 4.69) is 10.3 Å². The topological polar surface area (TPSA) is 97.3 Å². The normalized spacial score (nSPS) is 27.9. The predicted molar refractivity (Wildman–Crippen MR) is 80.2 cm³/mol. The molecule has 0 radical (unpaired) electrons. The van der Waals surface area contributed by atoms with Crippen LogP contribution >= 0.6 is 0 Å². The van der Waals surface area contributed by atoms with E-state index in [-0.39, 0.29) is 4.92 Å². The second-order valence-electron chi connectivity index (χ2n) is 5.55. The summed E-state index contributed by atoms with van der Waals surface area (Å²) in [5, 5.41) is 15.4. The maximum absolute atomic E-state index is 12.1. The van der Waals surface area contributed by atoms with Gasteiger partial charge in [-0.2, -0.15) is 0 Å². The third-order valence-electron chi connectivity index (χ3n) is 4.36. The zero-order chi connectivity index (χ0) is 15.9. The molecule has 2 aromatic rings. The quantitative estimate of drug-likeness (QED) is 0.508. The van der Waals surface area contributed by atoms with Gasteiger partial charge in [-0.15, -0.1) is 0 Å².